The predicted octanol–water partition coefficient (Wildman–Crippen LogP) is 3.31. The van der Waals surface area contributed by atoms with Gasteiger partial charge in [-0.05, 0) is 24.6 Å². The van der Waals surface area contributed by atoms with E-state index < -0.39 is 28.9 Å². The lowest BCUT2D eigenvalue weighted by molar-refractivity contribution is -0.138. The number of nitrogens with one attached hydrogen (secondary N) is 1. The zero-order chi connectivity index (χ0) is 18.2. The standard InChI is InChI=1S/C14H10BrF3N4O2S/c15-7-2-1-3-8(6-7)22-5-4-9(11(22)24)10(23)19-13-21-20-12(25-13)14(16,17)18/h1-3,6,9H,4-5H2,(H,19,21,23). The second kappa shape index (κ2) is 6.71. The Morgan fingerprint density at radius 3 is 2.76 bits per heavy atom. The van der Waals surface area contributed by atoms with Gasteiger partial charge in [0.1, 0.15) is 5.92 Å². The molecule has 0 bridgehead atoms. The van der Waals surface area contributed by atoms with Gasteiger partial charge in [0.2, 0.25) is 22.0 Å². The van der Waals surface area contributed by atoms with Crippen LogP contribution in [0.3, 0.4) is 0 Å². The molecule has 0 radical (unpaired) electrons. The predicted molar refractivity (Wildman–Crippen MR) is 88.1 cm³/mol. The van der Waals surface area contributed by atoms with E-state index in [1.54, 1.807) is 18.2 Å². The summed E-state index contributed by atoms with van der Waals surface area (Å²) in [5.41, 5.74) is 0.643. The number of halogens is 4. The van der Waals surface area contributed by atoms with Gasteiger partial charge in [-0.3, -0.25) is 14.9 Å². The van der Waals surface area contributed by atoms with Crippen LogP contribution in [-0.2, 0) is 15.8 Å². The number of alkyl halides is 3. The van der Waals surface area contributed by atoms with Gasteiger partial charge in [-0.15, -0.1) is 10.2 Å². The minimum atomic E-state index is -4.62. The number of rotatable bonds is 3. The average Bonchev–Trinajstić information content (AvgIpc) is 3.13. The molecule has 1 fully saturated rings. The SMILES string of the molecule is O=C(Nc1nnc(C(F)(F)F)s1)C1CCN(c2cccc(Br)c2)C1=O. The summed E-state index contributed by atoms with van der Waals surface area (Å²) in [6.07, 6.45) is -4.36. The highest BCUT2D eigenvalue weighted by Crippen LogP contribution is 2.33. The summed E-state index contributed by atoms with van der Waals surface area (Å²) in [4.78, 5) is 26.1. The minimum Gasteiger partial charge on any atom is -0.312 e. The molecule has 2 aromatic rings. The molecule has 3 rings (SSSR count). The molecule has 1 saturated heterocycles. The first-order valence-corrected chi connectivity index (χ1v) is 8.65. The lowest BCUT2D eigenvalue weighted by Gasteiger charge is -2.16. The summed E-state index contributed by atoms with van der Waals surface area (Å²) >= 11 is 3.53. The van der Waals surface area contributed by atoms with E-state index >= 15 is 0 Å². The quantitative estimate of drug-likeness (QED) is 0.751. The van der Waals surface area contributed by atoms with Gasteiger partial charge in [0, 0.05) is 16.7 Å². The van der Waals surface area contributed by atoms with Gasteiger partial charge in [-0.25, -0.2) is 0 Å². The lowest BCUT2D eigenvalue weighted by Crippen LogP contribution is -2.33. The summed E-state index contributed by atoms with van der Waals surface area (Å²) in [5, 5.41) is 7.08. The zero-order valence-electron chi connectivity index (χ0n) is 12.4. The van der Waals surface area contributed by atoms with Crippen molar-refractivity contribution < 1.29 is 22.8 Å². The highest BCUT2D eigenvalue weighted by molar-refractivity contribution is 9.10. The number of carbonyl (C=O) groups excluding carboxylic acids is 2. The van der Waals surface area contributed by atoms with Crippen molar-refractivity contribution in [2.75, 3.05) is 16.8 Å². The number of carbonyl (C=O) groups is 2. The van der Waals surface area contributed by atoms with E-state index in [9.17, 15) is 22.8 Å². The highest BCUT2D eigenvalue weighted by Gasteiger charge is 2.39. The van der Waals surface area contributed by atoms with E-state index in [1.165, 1.54) is 4.90 Å². The molecule has 1 aromatic heterocycles. The molecule has 1 N–H and O–H groups in total. The number of hydrogen-bond acceptors (Lipinski definition) is 5. The maximum absolute atomic E-state index is 12.5. The first-order chi connectivity index (χ1) is 11.8. The van der Waals surface area contributed by atoms with Gasteiger partial charge in [-0.1, -0.05) is 33.3 Å². The van der Waals surface area contributed by atoms with E-state index in [0.717, 1.165) is 4.47 Å². The third-order valence-electron chi connectivity index (χ3n) is 3.54. The van der Waals surface area contributed by atoms with Crippen molar-refractivity contribution in [3.05, 3.63) is 33.7 Å². The third kappa shape index (κ3) is 3.82. The number of amides is 2. The number of benzene rings is 1. The van der Waals surface area contributed by atoms with E-state index in [2.05, 4.69) is 31.4 Å². The van der Waals surface area contributed by atoms with E-state index in [1.807, 2.05) is 6.07 Å². The molecule has 0 aliphatic carbocycles. The van der Waals surface area contributed by atoms with E-state index in [0.29, 0.717) is 12.2 Å². The van der Waals surface area contributed by atoms with E-state index in [4.69, 9.17) is 0 Å². The van der Waals surface area contributed by atoms with Crippen molar-refractivity contribution in [1.29, 1.82) is 0 Å². The molecule has 1 unspecified atom stereocenters. The van der Waals surface area contributed by atoms with Crippen LogP contribution in [0.2, 0.25) is 0 Å². The van der Waals surface area contributed by atoms with Crippen LogP contribution in [-0.4, -0.2) is 28.6 Å². The van der Waals surface area contributed by atoms with Gasteiger partial charge in [0.15, 0.2) is 0 Å². The second-order valence-corrected chi connectivity index (χ2v) is 7.10. The van der Waals surface area contributed by atoms with Crippen LogP contribution < -0.4 is 10.2 Å². The fraction of sp³-hybridized carbons (Fsp3) is 0.286. The molecule has 0 saturated carbocycles. The van der Waals surface area contributed by atoms with Crippen molar-refractivity contribution in [2.45, 2.75) is 12.6 Å². The normalized spacial score (nSPS) is 17.8. The first kappa shape index (κ1) is 17.8. The summed E-state index contributed by atoms with van der Waals surface area (Å²) < 4.78 is 38.3. The molecule has 1 atom stereocenters. The van der Waals surface area contributed by atoms with Crippen LogP contribution in [0.15, 0.2) is 28.7 Å². The third-order valence-corrected chi connectivity index (χ3v) is 4.92. The largest absolute Gasteiger partial charge is 0.445 e. The van der Waals surface area contributed by atoms with Crippen molar-refractivity contribution >= 4 is 49.9 Å². The molecule has 6 nitrogen and oxygen atoms in total. The molecule has 2 amide bonds. The van der Waals surface area contributed by atoms with Gasteiger partial charge in [0.25, 0.3) is 0 Å². The van der Waals surface area contributed by atoms with Gasteiger partial charge < -0.3 is 4.90 Å². The van der Waals surface area contributed by atoms with Crippen LogP contribution in [0.1, 0.15) is 11.4 Å². The Balaban J connectivity index is 1.69. The number of nitrogens with zero attached hydrogens (tertiary/aromatic N) is 3. The lowest BCUT2D eigenvalue weighted by atomic mass is 10.1. The zero-order valence-corrected chi connectivity index (χ0v) is 14.8. The topological polar surface area (TPSA) is 75.2 Å². The van der Waals surface area contributed by atoms with Gasteiger partial charge in [0.05, 0.1) is 0 Å². The van der Waals surface area contributed by atoms with Gasteiger partial charge >= 0.3 is 6.18 Å². The maximum Gasteiger partial charge on any atom is 0.445 e. The molecular weight excluding hydrogens is 425 g/mol. The Kier molecular flexibility index (Phi) is 4.78. The van der Waals surface area contributed by atoms with Crippen molar-refractivity contribution in [3.8, 4) is 0 Å². The fourth-order valence-electron chi connectivity index (χ4n) is 2.40. The molecular formula is C14H10BrF3N4O2S. The summed E-state index contributed by atoms with van der Waals surface area (Å²) in [7, 11) is 0. The van der Waals surface area contributed by atoms with Crippen molar-refractivity contribution in [1.82, 2.24) is 10.2 Å². The van der Waals surface area contributed by atoms with Gasteiger partial charge in [-0.2, -0.15) is 13.2 Å². The molecule has 2 heterocycles. The summed E-state index contributed by atoms with van der Waals surface area (Å²) in [6.45, 7) is 0.345. The molecule has 132 valence electrons. The second-order valence-electron chi connectivity index (χ2n) is 5.21. The Hall–Kier alpha value is -2.01. The Bertz CT molecular complexity index is 826. The monoisotopic (exact) mass is 434 g/mol. The van der Waals surface area contributed by atoms with Crippen molar-refractivity contribution in [3.63, 3.8) is 0 Å². The number of anilines is 2. The first-order valence-electron chi connectivity index (χ1n) is 7.04. The Labute approximate surface area is 152 Å². The molecule has 0 spiro atoms. The summed E-state index contributed by atoms with van der Waals surface area (Å²) in [6, 6.07) is 7.06. The Morgan fingerprint density at radius 1 is 1.36 bits per heavy atom. The average molecular weight is 435 g/mol. The molecule has 1 aromatic carbocycles. The smallest absolute Gasteiger partial charge is 0.312 e. The highest BCUT2D eigenvalue weighted by atomic mass is 79.9. The fourth-order valence-corrected chi connectivity index (χ4v) is 3.41. The molecule has 1 aliphatic rings. The van der Waals surface area contributed by atoms with Crippen LogP contribution in [0.4, 0.5) is 24.0 Å². The maximum atomic E-state index is 12.5. The molecule has 1 aliphatic heterocycles. The van der Waals surface area contributed by atoms with Crippen LogP contribution in [0.5, 0.6) is 0 Å². The number of aromatic nitrogens is 2. The molecule has 25 heavy (non-hydrogen) atoms. The minimum absolute atomic E-state index is 0.217. The van der Waals surface area contributed by atoms with Crippen LogP contribution >= 0.6 is 27.3 Å². The van der Waals surface area contributed by atoms with E-state index in [-0.39, 0.29) is 22.9 Å². The van der Waals surface area contributed by atoms with Crippen LogP contribution in [0, 0.1) is 5.92 Å². The Morgan fingerprint density at radius 2 is 2.12 bits per heavy atom. The number of hydrogen-bond donors (Lipinski definition) is 1. The molecule has 11 heteroatoms. The van der Waals surface area contributed by atoms with Crippen molar-refractivity contribution in [2.24, 2.45) is 5.92 Å². The summed E-state index contributed by atoms with van der Waals surface area (Å²) in [5.74, 6) is -2.07. The van der Waals surface area contributed by atoms with Crippen LogP contribution in [0.25, 0.3) is 0 Å².